The lowest BCUT2D eigenvalue weighted by Gasteiger charge is -2.11. The van der Waals surface area contributed by atoms with Crippen molar-refractivity contribution in [3.63, 3.8) is 0 Å². The number of rotatable bonds is 3. The second kappa shape index (κ2) is 6.69. The van der Waals surface area contributed by atoms with E-state index < -0.39 is 5.91 Å². The Kier molecular flexibility index (Phi) is 4.19. The van der Waals surface area contributed by atoms with Crippen LogP contribution in [0.2, 0.25) is 0 Å². The molecule has 0 saturated heterocycles. The summed E-state index contributed by atoms with van der Waals surface area (Å²) < 4.78 is 2.77. The Hall–Kier alpha value is -3.88. The number of benzene rings is 2. The summed E-state index contributed by atoms with van der Waals surface area (Å²) in [5.74, 6) is 0.229. The Morgan fingerprint density at radius 3 is 2.54 bits per heavy atom. The van der Waals surface area contributed by atoms with Gasteiger partial charge in [0.05, 0.1) is 11.1 Å². The minimum Gasteiger partial charge on any atom is -0.321 e. The van der Waals surface area contributed by atoms with Crippen molar-refractivity contribution in [3.05, 3.63) is 69.9 Å². The quantitative estimate of drug-likeness (QED) is 0.585. The SMILES string of the molecule is Cc1ccc(NC(=O)c2nn(C)c(=O)c3ccccc23)cc1-n1nnnc1C. The van der Waals surface area contributed by atoms with Gasteiger partial charge in [0.1, 0.15) is 0 Å². The molecule has 2 heterocycles. The van der Waals surface area contributed by atoms with E-state index in [-0.39, 0.29) is 11.3 Å². The Morgan fingerprint density at radius 2 is 1.82 bits per heavy atom. The van der Waals surface area contributed by atoms with Crippen LogP contribution < -0.4 is 10.9 Å². The first-order chi connectivity index (χ1) is 13.5. The van der Waals surface area contributed by atoms with Crippen molar-refractivity contribution in [2.24, 2.45) is 7.05 Å². The van der Waals surface area contributed by atoms with Gasteiger partial charge in [0.25, 0.3) is 11.5 Å². The fourth-order valence-corrected chi connectivity index (χ4v) is 3.03. The summed E-state index contributed by atoms with van der Waals surface area (Å²) in [4.78, 5) is 25.2. The maximum absolute atomic E-state index is 12.9. The molecule has 0 fully saturated rings. The van der Waals surface area contributed by atoms with Gasteiger partial charge in [-0.05, 0) is 48.0 Å². The molecule has 0 spiro atoms. The molecule has 140 valence electrons. The first-order valence-electron chi connectivity index (χ1n) is 8.59. The molecular formula is C19H17N7O2. The normalized spacial score (nSPS) is 11.0. The lowest BCUT2D eigenvalue weighted by molar-refractivity contribution is 0.102. The zero-order valence-electron chi connectivity index (χ0n) is 15.5. The molecule has 28 heavy (non-hydrogen) atoms. The summed E-state index contributed by atoms with van der Waals surface area (Å²) in [7, 11) is 1.52. The van der Waals surface area contributed by atoms with Crippen molar-refractivity contribution in [2.75, 3.05) is 5.32 Å². The van der Waals surface area contributed by atoms with Crippen LogP contribution in [0.15, 0.2) is 47.3 Å². The predicted octanol–water partition coefficient (Wildman–Crippen LogP) is 1.78. The number of amides is 1. The van der Waals surface area contributed by atoms with E-state index in [4.69, 9.17) is 0 Å². The molecule has 0 aliphatic heterocycles. The summed E-state index contributed by atoms with van der Waals surface area (Å²) in [6, 6.07) is 12.4. The monoisotopic (exact) mass is 375 g/mol. The van der Waals surface area contributed by atoms with Crippen molar-refractivity contribution in [1.29, 1.82) is 0 Å². The van der Waals surface area contributed by atoms with Crippen LogP contribution in [-0.2, 0) is 7.05 Å². The molecule has 4 aromatic rings. The van der Waals surface area contributed by atoms with Gasteiger partial charge in [-0.2, -0.15) is 9.78 Å². The van der Waals surface area contributed by atoms with Gasteiger partial charge in [0, 0.05) is 18.1 Å². The average molecular weight is 375 g/mol. The number of nitrogens with one attached hydrogen (secondary N) is 1. The van der Waals surface area contributed by atoms with Crippen LogP contribution in [0.3, 0.4) is 0 Å². The molecule has 0 bridgehead atoms. The van der Waals surface area contributed by atoms with Crippen molar-refractivity contribution in [3.8, 4) is 5.69 Å². The molecule has 4 rings (SSSR count). The Labute approximate surface area is 159 Å². The number of tetrazole rings is 1. The van der Waals surface area contributed by atoms with Gasteiger partial charge in [-0.3, -0.25) is 9.59 Å². The van der Waals surface area contributed by atoms with E-state index in [1.165, 1.54) is 11.7 Å². The molecule has 9 nitrogen and oxygen atoms in total. The number of carbonyl (C=O) groups is 1. The number of aryl methyl sites for hydroxylation is 3. The summed E-state index contributed by atoms with van der Waals surface area (Å²) >= 11 is 0. The zero-order valence-corrected chi connectivity index (χ0v) is 15.5. The summed E-state index contributed by atoms with van der Waals surface area (Å²) in [6.45, 7) is 3.73. The second-order valence-corrected chi connectivity index (χ2v) is 6.42. The van der Waals surface area contributed by atoms with Crippen molar-refractivity contribution >= 4 is 22.4 Å². The first kappa shape index (κ1) is 17.5. The average Bonchev–Trinajstić information content (AvgIpc) is 3.12. The van der Waals surface area contributed by atoms with Crippen LogP contribution in [0.1, 0.15) is 21.9 Å². The smallest absolute Gasteiger partial charge is 0.276 e. The number of hydrogen-bond acceptors (Lipinski definition) is 6. The molecule has 1 amide bonds. The second-order valence-electron chi connectivity index (χ2n) is 6.42. The molecule has 0 atom stereocenters. The van der Waals surface area contributed by atoms with Gasteiger partial charge in [0.15, 0.2) is 11.5 Å². The lowest BCUT2D eigenvalue weighted by Crippen LogP contribution is -2.25. The summed E-state index contributed by atoms with van der Waals surface area (Å²) in [6.07, 6.45) is 0. The van der Waals surface area contributed by atoms with Gasteiger partial charge >= 0.3 is 0 Å². The van der Waals surface area contributed by atoms with Gasteiger partial charge < -0.3 is 5.32 Å². The molecule has 0 radical (unpaired) electrons. The topological polar surface area (TPSA) is 108 Å². The molecule has 0 aliphatic rings. The van der Waals surface area contributed by atoms with E-state index in [1.807, 2.05) is 13.0 Å². The molecule has 9 heteroatoms. The fraction of sp³-hybridized carbons (Fsp3) is 0.158. The number of aromatic nitrogens is 6. The number of anilines is 1. The van der Waals surface area contributed by atoms with E-state index in [1.54, 1.807) is 48.0 Å². The van der Waals surface area contributed by atoms with E-state index in [9.17, 15) is 9.59 Å². The first-order valence-corrected chi connectivity index (χ1v) is 8.59. The Morgan fingerprint density at radius 1 is 1.07 bits per heavy atom. The highest BCUT2D eigenvalue weighted by Crippen LogP contribution is 2.21. The standard InChI is InChI=1S/C19H17N7O2/c1-11-8-9-13(10-16(11)26-12(2)21-23-24-26)20-18(27)17-14-6-4-5-7-15(14)19(28)25(3)22-17/h4-10H,1-3H3,(H,20,27). The predicted molar refractivity (Wildman–Crippen MR) is 104 cm³/mol. The van der Waals surface area contributed by atoms with Crippen LogP contribution >= 0.6 is 0 Å². The highest BCUT2D eigenvalue weighted by molar-refractivity contribution is 6.11. The minimum atomic E-state index is -0.407. The van der Waals surface area contributed by atoms with E-state index in [2.05, 4.69) is 25.9 Å². The molecule has 0 saturated carbocycles. The Bertz CT molecular complexity index is 1270. The van der Waals surface area contributed by atoms with Gasteiger partial charge in [-0.15, -0.1) is 5.10 Å². The van der Waals surface area contributed by atoms with E-state index >= 15 is 0 Å². The van der Waals surface area contributed by atoms with Crippen molar-refractivity contribution in [1.82, 2.24) is 30.0 Å². The van der Waals surface area contributed by atoms with Crippen LogP contribution in [0.25, 0.3) is 16.5 Å². The Balaban J connectivity index is 1.74. The highest BCUT2D eigenvalue weighted by Gasteiger charge is 2.16. The summed E-state index contributed by atoms with van der Waals surface area (Å²) in [5, 5.41) is 19.5. The molecule has 0 aliphatic carbocycles. The summed E-state index contributed by atoms with van der Waals surface area (Å²) in [5.41, 5.74) is 2.22. The van der Waals surface area contributed by atoms with E-state index in [0.29, 0.717) is 22.3 Å². The van der Waals surface area contributed by atoms with Gasteiger partial charge in [0.2, 0.25) is 0 Å². The third-order valence-electron chi connectivity index (χ3n) is 4.49. The number of carbonyl (C=O) groups excluding carboxylic acids is 1. The lowest BCUT2D eigenvalue weighted by atomic mass is 10.1. The van der Waals surface area contributed by atoms with Crippen LogP contribution in [0.4, 0.5) is 5.69 Å². The van der Waals surface area contributed by atoms with Crippen LogP contribution in [0.5, 0.6) is 0 Å². The minimum absolute atomic E-state index is 0.179. The molecule has 1 N–H and O–H groups in total. The molecule has 0 unspecified atom stereocenters. The molecular weight excluding hydrogens is 358 g/mol. The fourth-order valence-electron chi connectivity index (χ4n) is 3.03. The van der Waals surface area contributed by atoms with Crippen LogP contribution in [0, 0.1) is 13.8 Å². The van der Waals surface area contributed by atoms with Crippen molar-refractivity contribution < 1.29 is 4.79 Å². The number of fused-ring (bicyclic) bond motifs is 1. The molecule has 2 aromatic heterocycles. The third-order valence-corrected chi connectivity index (χ3v) is 4.49. The zero-order chi connectivity index (χ0) is 19.8. The third kappa shape index (κ3) is 2.92. The highest BCUT2D eigenvalue weighted by atomic mass is 16.2. The number of hydrogen-bond donors (Lipinski definition) is 1. The number of nitrogens with zero attached hydrogens (tertiary/aromatic N) is 6. The van der Waals surface area contributed by atoms with E-state index in [0.717, 1.165) is 11.3 Å². The maximum atomic E-state index is 12.9. The molecule has 2 aromatic carbocycles. The van der Waals surface area contributed by atoms with Crippen LogP contribution in [-0.4, -0.2) is 35.9 Å². The van der Waals surface area contributed by atoms with Crippen molar-refractivity contribution in [2.45, 2.75) is 13.8 Å². The largest absolute Gasteiger partial charge is 0.321 e. The van der Waals surface area contributed by atoms with Gasteiger partial charge in [-0.1, -0.05) is 24.3 Å². The van der Waals surface area contributed by atoms with Gasteiger partial charge in [-0.25, -0.2) is 4.68 Å². The maximum Gasteiger partial charge on any atom is 0.276 e.